The summed E-state index contributed by atoms with van der Waals surface area (Å²) in [7, 11) is 0. The summed E-state index contributed by atoms with van der Waals surface area (Å²) in [6.45, 7) is 2.55. The molecule has 1 aliphatic rings. The molecule has 0 spiro atoms. The molecule has 2 aromatic rings. The molecular formula is C14H12N2O3. The number of ether oxygens (including phenoxy) is 2. The Morgan fingerprint density at radius 3 is 2.74 bits per heavy atom. The highest BCUT2D eigenvalue weighted by molar-refractivity contribution is 5.90. The van der Waals surface area contributed by atoms with Crippen molar-refractivity contribution in [3.05, 3.63) is 36.3 Å². The van der Waals surface area contributed by atoms with Crippen LogP contribution in [0.15, 0.2) is 30.5 Å². The van der Waals surface area contributed by atoms with Crippen LogP contribution in [0.5, 0.6) is 11.5 Å². The van der Waals surface area contributed by atoms with Gasteiger partial charge in [-0.2, -0.15) is 0 Å². The van der Waals surface area contributed by atoms with Crippen LogP contribution in [-0.2, 0) is 0 Å². The fraction of sp³-hybridized carbons (Fsp3) is 0.214. The molecular weight excluding hydrogens is 244 g/mol. The molecule has 5 heteroatoms. The fourth-order valence-corrected chi connectivity index (χ4v) is 1.89. The lowest BCUT2D eigenvalue weighted by Crippen LogP contribution is -2.15. The van der Waals surface area contributed by atoms with E-state index in [1.54, 1.807) is 12.3 Å². The number of Topliss-reactive ketones (excluding diaryl/α,β-unsaturated/α-hetero) is 1. The van der Waals surface area contributed by atoms with Crippen molar-refractivity contribution in [1.29, 1.82) is 0 Å². The zero-order chi connectivity index (χ0) is 13.2. The first-order valence-corrected chi connectivity index (χ1v) is 5.98. The number of hydrogen-bond donors (Lipinski definition) is 0. The van der Waals surface area contributed by atoms with Crippen LogP contribution in [0.25, 0.3) is 11.3 Å². The van der Waals surface area contributed by atoms with Crippen molar-refractivity contribution < 1.29 is 14.3 Å². The Bertz CT molecular complexity index is 640. The molecule has 0 N–H and O–H groups in total. The molecule has 0 saturated carbocycles. The Balaban J connectivity index is 2.02. The van der Waals surface area contributed by atoms with Gasteiger partial charge >= 0.3 is 0 Å². The van der Waals surface area contributed by atoms with Crippen LogP contribution in [0, 0.1) is 0 Å². The highest BCUT2D eigenvalue weighted by Gasteiger charge is 2.13. The maximum absolute atomic E-state index is 11.3. The molecule has 2 heterocycles. The van der Waals surface area contributed by atoms with Crippen molar-refractivity contribution in [2.24, 2.45) is 0 Å². The van der Waals surface area contributed by atoms with Gasteiger partial charge in [0.25, 0.3) is 0 Å². The van der Waals surface area contributed by atoms with E-state index >= 15 is 0 Å². The second kappa shape index (κ2) is 4.68. The van der Waals surface area contributed by atoms with E-state index in [4.69, 9.17) is 9.47 Å². The van der Waals surface area contributed by atoms with E-state index in [1.165, 1.54) is 6.92 Å². The number of hydrogen-bond acceptors (Lipinski definition) is 5. The molecule has 5 nitrogen and oxygen atoms in total. The van der Waals surface area contributed by atoms with Crippen LogP contribution in [0.4, 0.5) is 0 Å². The summed E-state index contributed by atoms with van der Waals surface area (Å²) in [5.74, 6) is 1.49. The van der Waals surface area contributed by atoms with E-state index in [0.717, 1.165) is 11.3 Å². The number of carbonyl (C=O) groups is 1. The number of benzene rings is 1. The lowest BCUT2D eigenvalue weighted by molar-refractivity contribution is 0.100. The Morgan fingerprint density at radius 2 is 1.95 bits per heavy atom. The predicted octanol–water partition coefficient (Wildman–Crippen LogP) is 2.12. The molecule has 0 fully saturated rings. The van der Waals surface area contributed by atoms with Crippen LogP contribution in [0.3, 0.4) is 0 Å². The molecule has 0 radical (unpaired) electrons. The Hall–Kier alpha value is -2.43. The maximum atomic E-state index is 11.3. The van der Waals surface area contributed by atoms with Crippen LogP contribution < -0.4 is 9.47 Å². The van der Waals surface area contributed by atoms with Crippen LogP contribution in [0.2, 0.25) is 0 Å². The second-order valence-corrected chi connectivity index (χ2v) is 4.18. The first kappa shape index (κ1) is 11.6. The Labute approximate surface area is 110 Å². The summed E-state index contributed by atoms with van der Waals surface area (Å²) in [6.07, 6.45) is 1.58. The third-order valence-electron chi connectivity index (χ3n) is 2.81. The van der Waals surface area contributed by atoms with E-state index in [0.29, 0.717) is 24.7 Å². The fourth-order valence-electron chi connectivity index (χ4n) is 1.89. The standard InChI is InChI=1S/C14H12N2O3/c1-9(17)14-15-5-4-11(16-14)10-2-3-12-13(8-10)19-7-6-18-12/h2-5,8H,6-7H2,1H3. The third kappa shape index (κ3) is 2.27. The van der Waals surface area contributed by atoms with E-state index in [-0.39, 0.29) is 11.6 Å². The highest BCUT2D eigenvalue weighted by Crippen LogP contribution is 2.33. The monoisotopic (exact) mass is 256 g/mol. The summed E-state index contributed by atoms with van der Waals surface area (Å²) in [4.78, 5) is 19.5. The highest BCUT2D eigenvalue weighted by atomic mass is 16.6. The molecule has 0 saturated heterocycles. The molecule has 96 valence electrons. The van der Waals surface area contributed by atoms with Gasteiger partial charge in [-0.1, -0.05) is 0 Å². The van der Waals surface area contributed by atoms with Gasteiger partial charge in [0.2, 0.25) is 0 Å². The van der Waals surface area contributed by atoms with E-state index in [2.05, 4.69) is 9.97 Å². The van der Waals surface area contributed by atoms with E-state index in [1.807, 2.05) is 18.2 Å². The predicted molar refractivity (Wildman–Crippen MR) is 68.5 cm³/mol. The first-order chi connectivity index (χ1) is 9.24. The largest absolute Gasteiger partial charge is 0.486 e. The summed E-state index contributed by atoms with van der Waals surface area (Å²) >= 11 is 0. The quantitative estimate of drug-likeness (QED) is 0.770. The van der Waals surface area contributed by atoms with Gasteiger partial charge < -0.3 is 9.47 Å². The molecule has 0 aliphatic carbocycles. The van der Waals surface area contributed by atoms with Crippen molar-refractivity contribution in [2.45, 2.75) is 6.92 Å². The molecule has 0 unspecified atom stereocenters. The lowest BCUT2D eigenvalue weighted by Gasteiger charge is -2.18. The molecule has 19 heavy (non-hydrogen) atoms. The van der Waals surface area contributed by atoms with E-state index in [9.17, 15) is 4.79 Å². The number of rotatable bonds is 2. The van der Waals surface area contributed by atoms with Gasteiger partial charge in [0, 0.05) is 18.7 Å². The third-order valence-corrected chi connectivity index (χ3v) is 2.81. The van der Waals surface area contributed by atoms with Gasteiger partial charge in [-0.25, -0.2) is 9.97 Å². The molecule has 0 bridgehead atoms. The number of nitrogens with zero attached hydrogens (tertiary/aromatic N) is 2. The Morgan fingerprint density at radius 1 is 1.16 bits per heavy atom. The molecule has 0 atom stereocenters. The number of fused-ring (bicyclic) bond motifs is 1. The number of aromatic nitrogens is 2. The summed E-state index contributed by atoms with van der Waals surface area (Å²) < 4.78 is 11.0. The van der Waals surface area contributed by atoms with Crippen molar-refractivity contribution >= 4 is 5.78 Å². The lowest BCUT2D eigenvalue weighted by atomic mass is 10.1. The minimum absolute atomic E-state index is 0.153. The molecule has 1 aromatic heterocycles. The molecule has 1 aliphatic heterocycles. The first-order valence-electron chi connectivity index (χ1n) is 5.98. The van der Waals surface area contributed by atoms with Gasteiger partial charge in [-0.05, 0) is 24.3 Å². The van der Waals surface area contributed by atoms with Crippen molar-refractivity contribution in [3.63, 3.8) is 0 Å². The SMILES string of the molecule is CC(=O)c1nccc(-c2ccc3c(c2)OCCO3)n1. The summed E-state index contributed by atoms with van der Waals surface area (Å²) in [6, 6.07) is 7.36. The van der Waals surface area contributed by atoms with Gasteiger partial charge in [-0.15, -0.1) is 0 Å². The van der Waals surface area contributed by atoms with Gasteiger partial charge in [0.05, 0.1) is 5.69 Å². The second-order valence-electron chi connectivity index (χ2n) is 4.18. The van der Waals surface area contributed by atoms with Crippen molar-refractivity contribution in [1.82, 2.24) is 9.97 Å². The Kier molecular flexibility index (Phi) is 2.87. The zero-order valence-corrected chi connectivity index (χ0v) is 10.4. The maximum Gasteiger partial charge on any atom is 0.196 e. The van der Waals surface area contributed by atoms with Crippen LogP contribution in [0.1, 0.15) is 17.5 Å². The minimum Gasteiger partial charge on any atom is -0.486 e. The van der Waals surface area contributed by atoms with Crippen LogP contribution in [-0.4, -0.2) is 29.0 Å². The topological polar surface area (TPSA) is 61.3 Å². The molecule has 0 amide bonds. The average molecular weight is 256 g/mol. The number of ketones is 1. The smallest absolute Gasteiger partial charge is 0.196 e. The summed E-state index contributed by atoms with van der Waals surface area (Å²) in [5.41, 5.74) is 1.56. The minimum atomic E-state index is -0.153. The van der Waals surface area contributed by atoms with Crippen molar-refractivity contribution in [3.8, 4) is 22.8 Å². The van der Waals surface area contributed by atoms with Crippen LogP contribution >= 0.6 is 0 Å². The van der Waals surface area contributed by atoms with Crippen molar-refractivity contribution in [2.75, 3.05) is 13.2 Å². The van der Waals surface area contributed by atoms with Gasteiger partial charge in [0.15, 0.2) is 23.1 Å². The summed E-state index contributed by atoms with van der Waals surface area (Å²) in [5, 5.41) is 0. The molecule has 3 rings (SSSR count). The normalized spacial score (nSPS) is 13.1. The zero-order valence-electron chi connectivity index (χ0n) is 10.4. The average Bonchev–Trinajstić information content (AvgIpc) is 2.47. The van der Waals surface area contributed by atoms with Gasteiger partial charge in [0.1, 0.15) is 13.2 Å². The molecule has 1 aromatic carbocycles. The van der Waals surface area contributed by atoms with E-state index < -0.39 is 0 Å². The van der Waals surface area contributed by atoms with Gasteiger partial charge in [-0.3, -0.25) is 4.79 Å². The number of carbonyl (C=O) groups excluding carboxylic acids is 1.